The van der Waals surface area contributed by atoms with E-state index >= 15 is 0 Å². The topological polar surface area (TPSA) is 84.4 Å². The molecule has 2 aliphatic heterocycles. The molecule has 6 rings (SSSR count). The molecular weight excluding hydrogens is 514 g/mol. The van der Waals surface area contributed by atoms with Crippen LogP contribution in [0.15, 0.2) is 30.6 Å². The maximum Gasteiger partial charge on any atom is 0.286 e. The van der Waals surface area contributed by atoms with Crippen LogP contribution in [0.1, 0.15) is 92.9 Å². The van der Waals surface area contributed by atoms with E-state index in [4.69, 9.17) is 9.72 Å². The molecule has 1 saturated heterocycles. The summed E-state index contributed by atoms with van der Waals surface area (Å²) in [5.74, 6) is -1.65. The van der Waals surface area contributed by atoms with Crippen molar-refractivity contribution in [2.45, 2.75) is 77.7 Å². The molecule has 2 aliphatic carbocycles. The lowest BCUT2D eigenvalue weighted by Crippen LogP contribution is -2.54. The zero-order valence-electron chi connectivity index (χ0n) is 23.8. The van der Waals surface area contributed by atoms with Crippen LogP contribution >= 0.6 is 0 Å². The van der Waals surface area contributed by atoms with Crippen LogP contribution in [-0.4, -0.2) is 47.6 Å². The molecule has 40 heavy (non-hydrogen) atoms. The van der Waals surface area contributed by atoms with Crippen LogP contribution < -0.4 is 10.2 Å². The number of pyridine rings is 2. The van der Waals surface area contributed by atoms with E-state index in [2.05, 4.69) is 30.2 Å². The smallest absolute Gasteiger partial charge is 0.286 e. The fraction of sp³-hybridized carbons (Fsp3) is 0.613. The molecule has 2 aromatic heterocycles. The second-order valence-corrected chi connectivity index (χ2v) is 12.9. The molecule has 2 aromatic rings. The number of hydrogen-bond donors (Lipinski definition) is 1. The summed E-state index contributed by atoms with van der Waals surface area (Å²) in [6.07, 6.45) is 5.80. The maximum absolute atomic E-state index is 13.8. The van der Waals surface area contributed by atoms with Gasteiger partial charge in [0, 0.05) is 50.0 Å². The number of carbonyl (C=O) groups excluding carboxylic acids is 2. The molecule has 3 fully saturated rings. The van der Waals surface area contributed by atoms with E-state index < -0.39 is 17.0 Å². The summed E-state index contributed by atoms with van der Waals surface area (Å²) in [4.78, 5) is 37.0. The number of ether oxygens (including phenoxy) is 1. The van der Waals surface area contributed by atoms with E-state index in [0.717, 1.165) is 37.6 Å². The SMILES string of the molecule is CCN1C(=O)C2(C)COCCC2c2cc(C3C(C)CC(NC(=O)c4ccnc(C(C)(F)F)c4)C4CC43C)cnc21. The number of aromatic nitrogens is 2. The Morgan fingerprint density at radius 3 is 2.77 bits per heavy atom. The highest BCUT2D eigenvalue weighted by Crippen LogP contribution is 2.68. The number of rotatable bonds is 5. The van der Waals surface area contributed by atoms with E-state index in [1.165, 1.54) is 23.9 Å². The minimum absolute atomic E-state index is 0.000702. The Labute approximate surface area is 234 Å². The van der Waals surface area contributed by atoms with Gasteiger partial charge in [-0.3, -0.25) is 19.5 Å². The standard InChI is InChI=1S/C31H38F2N4O3/c1-6-37-26-20(21-8-10-40-16-30(21,4)28(37)39)12-19(15-35-26)25-17(2)11-23(22-14-29(22,25)3)36-27(38)18-7-9-34-24(13-18)31(5,32)33/h7,9,12-13,15,17,21-23,25H,6,8,10-11,14,16H2,1-5H3,(H,36,38). The Balaban J connectivity index is 1.25. The van der Waals surface area contributed by atoms with Gasteiger partial charge in [-0.05, 0) is 85.6 Å². The number of hydrogen-bond acceptors (Lipinski definition) is 5. The third kappa shape index (κ3) is 4.14. The number of nitrogens with zero attached hydrogens (tertiary/aromatic N) is 3. The van der Waals surface area contributed by atoms with Crippen LogP contribution in [0, 0.1) is 22.7 Å². The molecule has 214 valence electrons. The molecule has 0 radical (unpaired) electrons. The molecule has 0 bridgehead atoms. The average molecular weight is 553 g/mol. The second-order valence-electron chi connectivity index (χ2n) is 12.9. The van der Waals surface area contributed by atoms with Crippen molar-refractivity contribution in [1.29, 1.82) is 0 Å². The van der Waals surface area contributed by atoms with Crippen LogP contribution in [0.2, 0.25) is 0 Å². The lowest BCUT2D eigenvalue weighted by molar-refractivity contribution is -0.137. The molecule has 2 amide bonds. The minimum atomic E-state index is -3.11. The first-order chi connectivity index (χ1) is 18.9. The van der Waals surface area contributed by atoms with Crippen molar-refractivity contribution in [3.63, 3.8) is 0 Å². The van der Waals surface area contributed by atoms with Crippen LogP contribution in [-0.2, 0) is 15.5 Å². The Morgan fingerprint density at radius 1 is 1.27 bits per heavy atom. The van der Waals surface area contributed by atoms with Gasteiger partial charge in [-0.2, -0.15) is 8.78 Å². The van der Waals surface area contributed by atoms with Crippen molar-refractivity contribution < 1.29 is 23.1 Å². The summed E-state index contributed by atoms with van der Waals surface area (Å²) in [5.41, 5.74) is 1.56. The van der Waals surface area contributed by atoms with Gasteiger partial charge in [0.25, 0.3) is 11.8 Å². The number of halogens is 2. The molecule has 4 aliphatic rings. The van der Waals surface area contributed by atoms with Crippen LogP contribution in [0.25, 0.3) is 0 Å². The van der Waals surface area contributed by atoms with Gasteiger partial charge < -0.3 is 10.1 Å². The summed E-state index contributed by atoms with van der Waals surface area (Å²) in [6, 6.07) is 4.94. The number of nitrogens with one attached hydrogen (secondary N) is 1. The third-order valence-electron chi connectivity index (χ3n) is 10.2. The quantitative estimate of drug-likeness (QED) is 0.536. The highest BCUT2D eigenvalue weighted by molar-refractivity contribution is 6.00. The Kier molecular flexibility index (Phi) is 6.33. The summed E-state index contributed by atoms with van der Waals surface area (Å²) >= 11 is 0. The van der Waals surface area contributed by atoms with Gasteiger partial charge in [0.05, 0.1) is 12.0 Å². The van der Waals surface area contributed by atoms with Crippen molar-refractivity contribution in [3.8, 4) is 0 Å². The predicted octanol–water partition coefficient (Wildman–Crippen LogP) is 5.41. The number of anilines is 1. The number of alkyl halides is 2. The Morgan fingerprint density at radius 2 is 2.05 bits per heavy atom. The molecule has 7 nitrogen and oxygen atoms in total. The number of carbonyl (C=O) groups is 2. The van der Waals surface area contributed by atoms with E-state index in [0.29, 0.717) is 25.7 Å². The number of fused-ring (bicyclic) bond motifs is 4. The Bertz CT molecular complexity index is 1360. The molecule has 9 heteroatoms. The highest BCUT2D eigenvalue weighted by atomic mass is 19.3. The first-order valence-corrected chi connectivity index (χ1v) is 14.4. The zero-order chi connectivity index (χ0) is 28.6. The largest absolute Gasteiger partial charge is 0.380 e. The van der Waals surface area contributed by atoms with Crippen molar-refractivity contribution in [2.24, 2.45) is 22.7 Å². The number of amides is 2. The summed E-state index contributed by atoms with van der Waals surface area (Å²) in [5, 5.41) is 3.16. The fourth-order valence-electron chi connectivity index (χ4n) is 8.11. The van der Waals surface area contributed by atoms with Gasteiger partial charge in [-0.1, -0.05) is 13.8 Å². The van der Waals surface area contributed by atoms with Crippen LogP contribution in [0.3, 0.4) is 0 Å². The van der Waals surface area contributed by atoms with Crippen molar-refractivity contribution in [2.75, 3.05) is 24.7 Å². The minimum Gasteiger partial charge on any atom is -0.380 e. The normalized spacial score (nSPS) is 34.9. The van der Waals surface area contributed by atoms with E-state index in [9.17, 15) is 18.4 Å². The second kappa shape index (κ2) is 9.29. The lowest BCUT2D eigenvalue weighted by Gasteiger charge is -2.48. The first-order valence-electron chi connectivity index (χ1n) is 14.4. The van der Waals surface area contributed by atoms with Gasteiger partial charge in [-0.15, -0.1) is 0 Å². The fourth-order valence-corrected chi connectivity index (χ4v) is 8.11. The molecule has 0 aromatic carbocycles. The predicted molar refractivity (Wildman–Crippen MR) is 146 cm³/mol. The monoisotopic (exact) mass is 552 g/mol. The lowest BCUT2D eigenvalue weighted by atomic mass is 9.65. The van der Waals surface area contributed by atoms with E-state index in [-0.39, 0.29) is 46.6 Å². The zero-order valence-corrected chi connectivity index (χ0v) is 23.8. The molecule has 4 heterocycles. The van der Waals surface area contributed by atoms with E-state index in [1.54, 1.807) is 4.90 Å². The maximum atomic E-state index is 13.8. The first kappa shape index (κ1) is 27.2. The Hall–Kier alpha value is -2.94. The van der Waals surface area contributed by atoms with Crippen molar-refractivity contribution >= 4 is 17.6 Å². The molecule has 7 unspecified atom stereocenters. The van der Waals surface area contributed by atoms with Crippen molar-refractivity contribution in [1.82, 2.24) is 15.3 Å². The van der Waals surface area contributed by atoms with E-state index in [1.807, 2.05) is 20.0 Å². The van der Waals surface area contributed by atoms with Gasteiger partial charge in [0.1, 0.15) is 11.5 Å². The molecule has 2 saturated carbocycles. The molecule has 7 atom stereocenters. The summed E-state index contributed by atoms with van der Waals surface area (Å²) in [7, 11) is 0. The van der Waals surface area contributed by atoms with Gasteiger partial charge >= 0.3 is 0 Å². The molecule has 0 spiro atoms. The molecular formula is C31H38F2N4O3. The highest BCUT2D eigenvalue weighted by Gasteiger charge is 2.63. The van der Waals surface area contributed by atoms with Gasteiger partial charge in [-0.25, -0.2) is 4.98 Å². The van der Waals surface area contributed by atoms with Crippen molar-refractivity contribution in [3.05, 3.63) is 53.0 Å². The summed E-state index contributed by atoms with van der Waals surface area (Å²) < 4.78 is 33.4. The van der Waals surface area contributed by atoms with Gasteiger partial charge in [0.2, 0.25) is 5.91 Å². The van der Waals surface area contributed by atoms with Gasteiger partial charge in [0.15, 0.2) is 0 Å². The van der Waals surface area contributed by atoms with Crippen LogP contribution in [0.5, 0.6) is 0 Å². The molecule has 1 N–H and O–H groups in total. The van der Waals surface area contributed by atoms with Crippen LogP contribution in [0.4, 0.5) is 14.6 Å². The third-order valence-corrected chi connectivity index (χ3v) is 10.2. The average Bonchev–Trinajstić information content (AvgIpc) is 3.61. The summed E-state index contributed by atoms with van der Waals surface area (Å²) in [6.45, 7) is 10.9.